The van der Waals surface area contributed by atoms with Gasteiger partial charge < -0.3 is 16.0 Å². The van der Waals surface area contributed by atoms with E-state index in [0.717, 1.165) is 28.1 Å². The Hall–Kier alpha value is -3.71. The van der Waals surface area contributed by atoms with Crippen LogP contribution >= 0.6 is 0 Å². The summed E-state index contributed by atoms with van der Waals surface area (Å²) in [5.74, 6) is 0.652. The molecular formula is C26H29FN6. The minimum atomic E-state index is -1.24. The van der Waals surface area contributed by atoms with E-state index in [0.29, 0.717) is 30.0 Å². The van der Waals surface area contributed by atoms with Crippen molar-refractivity contribution in [2.75, 3.05) is 18.9 Å². The van der Waals surface area contributed by atoms with E-state index >= 15 is 0 Å². The summed E-state index contributed by atoms with van der Waals surface area (Å²) >= 11 is 0. The van der Waals surface area contributed by atoms with Crippen molar-refractivity contribution in [3.8, 4) is 0 Å². The first-order valence-corrected chi connectivity index (χ1v) is 10.9. The normalized spacial score (nSPS) is 17.1. The number of hydrogen-bond acceptors (Lipinski definition) is 6. The van der Waals surface area contributed by atoms with Crippen molar-refractivity contribution in [3.05, 3.63) is 107 Å². The quantitative estimate of drug-likeness (QED) is 0.460. The molecule has 0 radical (unpaired) electrons. The average molecular weight is 445 g/mol. The highest BCUT2D eigenvalue weighted by Gasteiger charge is 2.31. The summed E-state index contributed by atoms with van der Waals surface area (Å²) in [6.45, 7) is 7.04. The fraction of sp³-hybridized carbons (Fsp3) is 0.231. The lowest BCUT2D eigenvalue weighted by molar-refractivity contribution is 0.297. The summed E-state index contributed by atoms with van der Waals surface area (Å²) < 4.78 is 14.5. The molecule has 3 aromatic rings. The fourth-order valence-corrected chi connectivity index (χ4v) is 4.33. The Kier molecular flexibility index (Phi) is 6.70. The highest BCUT2D eigenvalue weighted by molar-refractivity contribution is 5.67. The molecule has 0 aliphatic carbocycles. The van der Waals surface area contributed by atoms with Gasteiger partial charge in [0.2, 0.25) is 0 Å². The van der Waals surface area contributed by atoms with E-state index in [9.17, 15) is 4.39 Å². The van der Waals surface area contributed by atoms with Gasteiger partial charge in [0.15, 0.2) is 6.30 Å². The van der Waals surface area contributed by atoms with Crippen molar-refractivity contribution < 1.29 is 4.39 Å². The third-order valence-electron chi connectivity index (χ3n) is 6.07. The molecule has 2 unspecified atom stereocenters. The lowest BCUT2D eigenvalue weighted by Crippen LogP contribution is -2.38. The maximum absolute atomic E-state index is 14.5. The summed E-state index contributed by atoms with van der Waals surface area (Å²) in [6.07, 6.45) is 4.40. The Balaban J connectivity index is 1.73. The molecule has 0 spiro atoms. The second kappa shape index (κ2) is 9.83. The van der Waals surface area contributed by atoms with Crippen molar-refractivity contribution >= 4 is 11.5 Å². The van der Waals surface area contributed by atoms with Crippen LogP contribution in [0.25, 0.3) is 5.70 Å². The monoisotopic (exact) mass is 444 g/mol. The van der Waals surface area contributed by atoms with Crippen LogP contribution in [0.1, 0.15) is 41.0 Å². The van der Waals surface area contributed by atoms with Gasteiger partial charge in [0, 0.05) is 47.9 Å². The highest BCUT2D eigenvalue weighted by atomic mass is 19.1. The number of halogens is 1. The molecule has 0 fully saturated rings. The zero-order valence-corrected chi connectivity index (χ0v) is 18.9. The Morgan fingerprint density at radius 1 is 1.18 bits per heavy atom. The summed E-state index contributed by atoms with van der Waals surface area (Å²) in [4.78, 5) is 10.6. The van der Waals surface area contributed by atoms with Crippen molar-refractivity contribution in [2.24, 2.45) is 5.73 Å². The standard InChI is InChI=1S/C26H29FN6/c1-17-20(10-7-11-21(17)26(27)29-3)18(2)33-15-12-22(32-23-16-30-13-14-31-23)24(28)25(33)19-8-5-4-6-9-19/h4-11,13-14,16,25-26,29H,2,12,15,28H2,1,3H3,(H,31,32). The van der Waals surface area contributed by atoms with Crippen LogP contribution in [0.3, 0.4) is 0 Å². The van der Waals surface area contributed by atoms with Gasteiger partial charge in [-0.15, -0.1) is 0 Å². The third-order valence-corrected chi connectivity index (χ3v) is 6.07. The van der Waals surface area contributed by atoms with Crippen LogP contribution in [0.5, 0.6) is 0 Å². The molecule has 2 atom stereocenters. The van der Waals surface area contributed by atoms with E-state index in [1.54, 1.807) is 31.7 Å². The number of nitrogens with zero attached hydrogens (tertiary/aromatic N) is 3. The molecule has 0 saturated heterocycles. The van der Waals surface area contributed by atoms with Gasteiger partial charge in [-0.05, 0) is 25.1 Å². The smallest absolute Gasteiger partial charge is 0.176 e. The van der Waals surface area contributed by atoms with Gasteiger partial charge in [0.05, 0.1) is 17.9 Å². The molecule has 2 heterocycles. The molecule has 170 valence electrons. The van der Waals surface area contributed by atoms with Gasteiger partial charge in [0.1, 0.15) is 5.82 Å². The summed E-state index contributed by atoms with van der Waals surface area (Å²) in [5.41, 5.74) is 12.6. The lowest BCUT2D eigenvalue weighted by atomic mass is 9.92. The van der Waals surface area contributed by atoms with Crippen molar-refractivity contribution in [1.29, 1.82) is 0 Å². The first kappa shape index (κ1) is 22.5. The molecule has 4 N–H and O–H groups in total. The number of alkyl halides is 1. The molecule has 7 heteroatoms. The van der Waals surface area contributed by atoms with Gasteiger partial charge in [-0.25, -0.2) is 9.37 Å². The molecule has 1 aliphatic heterocycles. The van der Waals surface area contributed by atoms with Crippen molar-refractivity contribution in [2.45, 2.75) is 25.7 Å². The van der Waals surface area contributed by atoms with Crippen molar-refractivity contribution in [1.82, 2.24) is 20.2 Å². The molecule has 0 saturated carbocycles. The van der Waals surface area contributed by atoms with Crippen LogP contribution in [0.15, 0.2) is 85.1 Å². The maximum atomic E-state index is 14.5. The molecule has 1 aliphatic rings. The summed E-state index contributed by atoms with van der Waals surface area (Å²) in [6, 6.07) is 15.5. The van der Waals surface area contributed by atoms with Crippen LogP contribution in [-0.2, 0) is 0 Å². The number of nitrogens with one attached hydrogen (secondary N) is 2. The minimum absolute atomic E-state index is 0.222. The molecule has 0 amide bonds. The van der Waals surface area contributed by atoms with Gasteiger partial charge in [-0.2, -0.15) is 0 Å². The number of nitrogens with two attached hydrogens (primary N) is 1. The van der Waals surface area contributed by atoms with Gasteiger partial charge in [-0.3, -0.25) is 10.3 Å². The van der Waals surface area contributed by atoms with Gasteiger partial charge in [0.25, 0.3) is 0 Å². The summed E-state index contributed by atoms with van der Waals surface area (Å²) in [5, 5.41) is 6.02. The second-order valence-corrected chi connectivity index (χ2v) is 8.02. The Labute approximate surface area is 194 Å². The summed E-state index contributed by atoms with van der Waals surface area (Å²) in [7, 11) is 1.61. The largest absolute Gasteiger partial charge is 0.399 e. The molecule has 2 aromatic carbocycles. The van der Waals surface area contributed by atoms with E-state index in [2.05, 4.69) is 44.2 Å². The highest BCUT2D eigenvalue weighted by Crippen LogP contribution is 2.39. The van der Waals surface area contributed by atoms with E-state index < -0.39 is 6.30 Å². The Morgan fingerprint density at radius 2 is 1.97 bits per heavy atom. The molecule has 33 heavy (non-hydrogen) atoms. The Bertz CT molecular complexity index is 1150. The zero-order chi connectivity index (χ0) is 23.4. The van der Waals surface area contributed by atoms with Crippen LogP contribution in [0.4, 0.5) is 10.2 Å². The van der Waals surface area contributed by atoms with Crippen LogP contribution in [0.2, 0.25) is 0 Å². The van der Waals surface area contributed by atoms with Crippen molar-refractivity contribution in [3.63, 3.8) is 0 Å². The molecule has 6 nitrogen and oxygen atoms in total. The molecular weight excluding hydrogens is 415 g/mol. The zero-order valence-electron chi connectivity index (χ0n) is 18.9. The average Bonchev–Trinajstić information content (AvgIpc) is 2.85. The number of anilines is 1. The first-order valence-electron chi connectivity index (χ1n) is 10.9. The van der Waals surface area contributed by atoms with E-state index in [-0.39, 0.29) is 6.04 Å². The predicted octanol–water partition coefficient (Wildman–Crippen LogP) is 4.67. The van der Waals surface area contributed by atoms with Crippen LogP contribution in [0, 0.1) is 6.92 Å². The van der Waals surface area contributed by atoms with Crippen LogP contribution in [-0.4, -0.2) is 28.5 Å². The second-order valence-electron chi connectivity index (χ2n) is 8.02. The molecule has 0 bridgehead atoms. The number of hydrogen-bond donors (Lipinski definition) is 3. The van der Waals surface area contributed by atoms with Crippen LogP contribution < -0.4 is 16.4 Å². The maximum Gasteiger partial charge on any atom is 0.176 e. The molecule has 4 rings (SSSR count). The number of benzene rings is 2. The number of rotatable bonds is 7. The van der Waals surface area contributed by atoms with E-state index in [1.165, 1.54) is 0 Å². The SMILES string of the molecule is C=C(c1cccc(C(F)NC)c1C)N1CCC(Nc2cnccn2)=C(N)C1c1ccccc1. The molecule has 1 aromatic heterocycles. The number of aromatic nitrogens is 2. The minimum Gasteiger partial charge on any atom is -0.399 e. The Morgan fingerprint density at radius 3 is 2.67 bits per heavy atom. The fourth-order valence-electron chi connectivity index (χ4n) is 4.33. The topological polar surface area (TPSA) is 79.1 Å². The first-order chi connectivity index (χ1) is 16.0. The van der Waals surface area contributed by atoms with Gasteiger partial charge in [-0.1, -0.05) is 55.1 Å². The lowest BCUT2D eigenvalue weighted by Gasteiger charge is -2.41. The van der Waals surface area contributed by atoms with E-state index in [1.807, 2.05) is 37.3 Å². The van der Waals surface area contributed by atoms with E-state index in [4.69, 9.17) is 5.73 Å². The third kappa shape index (κ3) is 4.59. The predicted molar refractivity (Wildman–Crippen MR) is 130 cm³/mol. The van der Waals surface area contributed by atoms with Gasteiger partial charge >= 0.3 is 0 Å².